The van der Waals surface area contributed by atoms with Crippen LogP contribution in [0.4, 0.5) is 5.82 Å². The molecule has 0 fully saturated rings. The van der Waals surface area contributed by atoms with E-state index < -0.39 is 0 Å². The summed E-state index contributed by atoms with van der Waals surface area (Å²) >= 11 is 3.02. The molecule has 0 aliphatic carbocycles. The highest BCUT2D eigenvalue weighted by molar-refractivity contribution is 9.10. The van der Waals surface area contributed by atoms with Crippen molar-refractivity contribution in [2.45, 2.75) is 0 Å². The summed E-state index contributed by atoms with van der Waals surface area (Å²) in [5.41, 5.74) is 5.34. The van der Waals surface area contributed by atoms with Gasteiger partial charge in [-0.1, -0.05) is 0 Å². The number of hydrogen-bond donors (Lipinski definition) is 1. The molecule has 2 aromatic heterocycles. The molecule has 0 bridgehead atoms. The molecule has 0 saturated carbocycles. The summed E-state index contributed by atoms with van der Waals surface area (Å²) in [4.78, 5) is 0. The van der Waals surface area contributed by atoms with Crippen molar-refractivity contribution in [1.29, 1.82) is 0 Å². The van der Waals surface area contributed by atoms with Crippen LogP contribution in [0, 0.1) is 0 Å². The molecule has 0 unspecified atom stereocenters. The van der Waals surface area contributed by atoms with Gasteiger partial charge in [-0.15, -0.1) is 10.2 Å². The first-order valence-corrected chi connectivity index (χ1v) is 4.04. The second-order valence-corrected chi connectivity index (χ2v) is 2.90. The third-order valence-electron chi connectivity index (χ3n) is 1.21. The van der Waals surface area contributed by atoms with Gasteiger partial charge in [-0.05, 0) is 28.0 Å². The molecule has 2 heterocycles. The summed E-state index contributed by atoms with van der Waals surface area (Å²) < 4.78 is 31.4. The molecule has 0 spiro atoms. The summed E-state index contributed by atoms with van der Waals surface area (Å²) in [6.07, 6.45) is -0.290. The maximum Gasteiger partial charge on any atom is 0.175 e. The van der Waals surface area contributed by atoms with E-state index in [4.69, 9.17) is 11.2 Å². The quantitative estimate of drug-likeness (QED) is 0.812. The lowest BCUT2D eigenvalue weighted by Crippen LogP contribution is -2.01. The lowest BCUT2D eigenvalue weighted by molar-refractivity contribution is 0.816. The smallest absolute Gasteiger partial charge is 0.175 e. The second-order valence-electron chi connectivity index (χ2n) is 2.11. The average molecular weight is 244 g/mol. The van der Waals surface area contributed by atoms with Crippen LogP contribution in [0.1, 0.15) is 5.48 Å². The zero-order valence-electron chi connectivity index (χ0n) is 10.2. The van der Waals surface area contributed by atoms with Crippen molar-refractivity contribution in [3.05, 3.63) is 28.9 Å². The standard InChI is InChI=1S/C7H6BrN5/c8-5-3-10-13(4-5)7-2-1-6(9)11-12-7/h1-4H,(H2,9,11)/i1D,2D,3D,4D. The molecule has 5 nitrogen and oxygen atoms in total. The predicted molar refractivity (Wildman–Crippen MR) is 51.3 cm³/mol. The fourth-order valence-corrected chi connectivity index (χ4v) is 0.951. The summed E-state index contributed by atoms with van der Waals surface area (Å²) in [5, 5.41) is 10.8. The first-order chi connectivity index (χ1) is 7.93. The van der Waals surface area contributed by atoms with Gasteiger partial charge in [-0.3, -0.25) is 0 Å². The number of nitrogen functional groups attached to an aromatic ring is 1. The maximum atomic E-state index is 7.66. The van der Waals surface area contributed by atoms with Gasteiger partial charge in [0, 0.05) is 6.17 Å². The summed E-state index contributed by atoms with van der Waals surface area (Å²) in [6, 6.07) is -0.575. The van der Waals surface area contributed by atoms with Crippen LogP contribution in [0.5, 0.6) is 0 Å². The highest BCUT2D eigenvalue weighted by atomic mass is 79.9. The molecule has 0 radical (unpaired) electrons. The van der Waals surface area contributed by atoms with Crippen LogP contribution in [0.3, 0.4) is 0 Å². The van der Waals surface area contributed by atoms with Gasteiger partial charge in [-0.25, -0.2) is 4.68 Å². The molecule has 6 heteroatoms. The van der Waals surface area contributed by atoms with E-state index in [2.05, 4.69) is 31.2 Å². The molecule has 0 atom stereocenters. The fraction of sp³-hybridized carbons (Fsp3) is 0. The Morgan fingerprint density at radius 1 is 1.46 bits per heavy atom. The van der Waals surface area contributed by atoms with Crippen molar-refractivity contribution in [3.63, 3.8) is 0 Å². The van der Waals surface area contributed by atoms with Crippen LogP contribution >= 0.6 is 15.9 Å². The minimum Gasteiger partial charge on any atom is -0.382 e. The van der Waals surface area contributed by atoms with Crippen LogP contribution in [0.15, 0.2) is 28.9 Å². The molecule has 0 aliphatic rings. The number of nitrogens with two attached hydrogens (primary N) is 1. The van der Waals surface area contributed by atoms with Gasteiger partial charge in [0.2, 0.25) is 0 Å². The van der Waals surface area contributed by atoms with Crippen molar-refractivity contribution in [2.75, 3.05) is 5.73 Å². The van der Waals surface area contributed by atoms with E-state index in [-0.39, 0.29) is 40.5 Å². The van der Waals surface area contributed by atoms with E-state index in [0.29, 0.717) is 0 Å². The van der Waals surface area contributed by atoms with Crippen molar-refractivity contribution in [3.8, 4) is 5.82 Å². The largest absolute Gasteiger partial charge is 0.382 e. The van der Waals surface area contributed by atoms with Gasteiger partial charge in [-0.2, -0.15) is 5.10 Å². The molecular formula is C7H6BrN5. The van der Waals surface area contributed by atoms with E-state index in [0.717, 1.165) is 4.68 Å². The first-order valence-electron chi connectivity index (χ1n) is 5.25. The Morgan fingerprint density at radius 2 is 2.31 bits per heavy atom. The monoisotopic (exact) mass is 243 g/mol. The number of aromatic nitrogens is 4. The third-order valence-corrected chi connectivity index (χ3v) is 1.56. The minimum atomic E-state index is -0.291. The van der Waals surface area contributed by atoms with Gasteiger partial charge in [0.1, 0.15) is 5.82 Å². The predicted octanol–water partition coefficient (Wildman–Crippen LogP) is 1.01. The summed E-state index contributed by atoms with van der Waals surface area (Å²) in [5.74, 6) is -0.268. The van der Waals surface area contributed by atoms with Crippen LogP contribution in [-0.4, -0.2) is 20.0 Å². The van der Waals surface area contributed by atoms with Crippen molar-refractivity contribution < 1.29 is 5.48 Å². The molecule has 66 valence electrons. The molecule has 0 aromatic carbocycles. The SMILES string of the molecule is [2H]c1nn(-c2nnc(N)c([2H])c2[2H])c([2H])c1Br. The maximum absolute atomic E-state index is 7.66. The number of anilines is 1. The van der Waals surface area contributed by atoms with Crippen LogP contribution in [-0.2, 0) is 0 Å². The number of nitrogens with zero attached hydrogens (tertiary/aromatic N) is 4. The van der Waals surface area contributed by atoms with E-state index in [1.165, 1.54) is 0 Å². The van der Waals surface area contributed by atoms with E-state index in [9.17, 15) is 0 Å². The van der Waals surface area contributed by atoms with Gasteiger partial charge in [0.25, 0.3) is 0 Å². The Kier molecular flexibility index (Phi) is 1.14. The van der Waals surface area contributed by atoms with Gasteiger partial charge in [0.15, 0.2) is 5.82 Å². The molecule has 0 amide bonds. The van der Waals surface area contributed by atoms with E-state index >= 15 is 0 Å². The Morgan fingerprint density at radius 3 is 3.00 bits per heavy atom. The molecular weight excluding hydrogens is 234 g/mol. The first kappa shape index (κ1) is 4.71. The molecule has 2 aromatic rings. The molecule has 2 N–H and O–H groups in total. The zero-order chi connectivity index (χ0) is 12.7. The number of halogens is 1. The van der Waals surface area contributed by atoms with Crippen molar-refractivity contribution >= 4 is 21.7 Å². The Labute approximate surface area is 88.3 Å². The molecule has 2 rings (SSSR count). The van der Waals surface area contributed by atoms with E-state index in [1.807, 2.05) is 0 Å². The summed E-state index contributed by atoms with van der Waals surface area (Å²) in [7, 11) is 0. The molecule has 0 saturated heterocycles. The highest BCUT2D eigenvalue weighted by Crippen LogP contribution is 2.10. The van der Waals surface area contributed by atoms with Crippen LogP contribution in [0.2, 0.25) is 0 Å². The summed E-state index contributed by atoms with van der Waals surface area (Å²) in [6.45, 7) is 0. The molecule has 0 aliphatic heterocycles. The van der Waals surface area contributed by atoms with Crippen LogP contribution in [0.25, 0.3) is 5.82 Å². The Bertz CT molecular complexity index is 598. The van der Waals surface area contributed by atoms with E-state index in [1.54, 1.807) is 0 Å². The second kappa shape index (κ2) is 3.14. The highest BCUT2D eigenvalue weighted by Gasteiger charge is 1.99. The fourth-order valence-electron chi connectivity index (χ4n) is 0.704. The number of rotatable bonds is 1. The van der Waals surface area contributed by atoms with Gasteiger partial charge in [0.05, 0.1) is 16.1 Å². The zero-order valence-corrected chi connectivity index (χ0v) is 7.83. The topological polar surface area (TPSA) is 69.6 Å². The third kappa shape index (κ3) is 1.67. The van der Waals surface area contributed by atoms with Gasteiger partial charge < -0.3 is 5.73 Å². The van der Waals surface area contributed by atoms with Crippen molar-refractivity contribution in [1.82, 2.24) is 20.0 Å². The lowest BCUT2D eigenvalue weighted by atomic mass is 10.5. The van der Waals surface area contributed by atoms with Crippen LogP contribution < -0.4 is 5.73 Å². The number of hydrogen-bond acceptors (Lipinski definition) is 4. The normalized spacial score (nSPS) is 14.5. The average Bonchev–Trinajstić information content (AvgIpc) is 2.54. The Balaban J connectivity index is 2.69. The minimum absolute atomic E-state index is 0.103. The lowest BCUT2D eigenvalue weighted by Gasteiger charge is -1.97. The Hall–Kier alpha value is -1.43. The van der Waals surface area contributed by atoms with Gasteiger partial charge >= 0.3 is 0 Å². The van der Waals surface area contributed by atoms with Crippen molar-refractivity contribution in [2.24, 2.45) is 0 Å². The molecule has 13 heavy (non-hydrogen) atoms.